The van der Waals surface area contributed by atoms with Crippen LogP contribution in [0.1, 0.15) is 5.56 Å². The molecule has 1 amide bonds. The maximum Gasteiger partial charge on any atom is 0.404 e. The Morgan fingerprint density at radius 3 is 2.95 bits per heavy atom. The molecule has 1 unspecified atom stereocenters. The van der Waals surface area contributed by atoms with Crippen LogP contribution in [0.15, 0.2) is 42.5 Å². The minimum absolute atomic E-state index is 0.169. The summed E-state index contributed by atoms with van der Waals surface area (Å²) in [5, 5.41) is 11.1. The lowest BCUT2D eigenvalue weighted by molar-refractivity contribution is 0.181. The highest BCUT2D eigenvalue weighted by Crippen LogP contribution is 2.39. The van der Waals surface area contributed by atoms with Crippen molar-refractivity contribution in [1.82, 2.24) is 5.32 Å². The fourth-order valence-electron chi connectivity index (χ4n) is 2.67. The number of fused-ring (bicyclic) bond motifs is 1. The first-order valence-electron chi connectivity index (χ1n) is 7.07. The van der Waals surface area contributed by atoms with Crippen LogP contribution in [-0.4, -0.2) is 31.0 Å². The molecular weight excluding hydrogens is 282 g/mol. The minimum Gasteiger partial charge on any atom is -0.497 e. The smallest absolute Gasteiger partial charge is 0.404 e. The van der Waals surface area contributed by atoms with Crippen molar-refractivity contribution in [1.29, 1.82) is 0 Å². The van der Waals surface area contributed by atoms with Crippen molar-refractivity contribution in [3.05, 3.63) is 48.0 Å². The van der Waals surface area contributed by atoms with E-state index in [0.717, 1.165) is 28.2 Å². The van der Waals surface area contributed by atoms with Crippen molar-refractivity contribution in [3.63, 3.8) is 0 Å². The van der Waals surface area contributed by atoms with Crippen LogP contribution in [0.4, 0.5) is 4.79 Å². The van der Waals surface area contributed by atoms with Gasteiger partial charge in [-0.3, -0.25) is 0 Å². The molecule has 2 N–H and O–H groups in total. The van der Waals surface area contributed by atoms with Gasteiger partial charge in [0.1, 0.15) is 17.6 Å². The quantitative estimate of drug-likeness (QED) is 0.911. The van der Waals surface area contributed by atoms with Crippen LogP contribution in [0.3, 0.4) is 0 Å². The Morgan fingerprint density at radius 1 is 1.36 bits per heavy atom. The standard InChI is InChI=1S/C17H17NO4/c1-21-13-6-2-4-11(8-13)15-7-3-5-12-9-14(22-16(12)15)10-18-17(19)20/h2-8,14,18H,9-10H2,1H3,(H,19,20). The van der Waals surface area contributed by atoms with Crippen molar-refractivity contribution in [2.75, 3.05) is 13.7 Å². The molecule has 0 aliphatic carbocycles. The number of carbonyl (C=O) groups is 1. The number of nitrogens with one attached hydrogen (secondary N) is 1. The van der Waals surface area contributed by atoms with E-state index >= 15 is 0 Å². The second kappa shape index (κ2) is 5.97. The Hall–Kier alpha value is -2.69. The number of carboxylic acid groups (broad SMARTS) is 1. The number of hydrogen-bond donors (Lipinski definition) is 2. The highest BCUT2D eigenvalue weighted by Gasteiger charge is 2.26. The van der Waals surface area contributed by atoms with Crippen LogP contribution < -0.4 is 14.8 Å². The maximum absolute atomic E-state index is 10.6. The van der Waals surface area contributed by atoms with Gasteiger partial charge in [0.2, 0.25) is 0 Å². The lowest BCUT2D eigenvalue weighted by Crippen LogP contribution is -2.33. The molecule has 0 spiro atoms. The molecule has 1 aliphatic heterocycles. The average Bonchev–Trinajstić information content (AvgIpc) is 2.96. The van der Waals surface area contributed by atoms with Crippen LogP contribution in [0.5, 0.6) is 11.5 Å². The van der Waals surface area contributed by atoms with E-state index in [1.165, 1.54) is 0 Å². The van der Waals surface area contributed by atoms with Gasteiger partial charge in [0.05, 0.1) is 13.7 Å². The van der Waals surface area contributed by atoms with Crippen LogP contribution in [0.2, 0.25) is 0 Å². The van der Waals surface area contributed by atoms with Crippen LogP contribution in [-0.2, 0) is 6.42 Å². The predicted molar refractivity (Wildman–Crippen MR) is 82.6 cm³/mol. The van der Waals surface area contributed by atoms with E-state index in [9.17, 15) is 4.79 Å². The second-order valence-corrected chi connectivity index (χ2v) is 5.16. The third-order valence-corrected chi connectivity index (χ3v) is 3.69. The van der Waals surface area contributed by atoms with E-state index in [1.807, 2.05) is 42.5 Å². The molecule has 5 nitrogen and oxygen atoms in total. The number of benzene rings is 2. The predicted octanol–water partition coefficient (Wildman–Crippen LogP) is 2.93. The van der Waals surface area contributed by atoms with Gasteiger partial charge >= 0.3 is 6.09 Å². The third-order valence-electron chi connectivity index (χ3n) is 3.69. The normalized spacial score (nSPS) is 15.8. The van der Waals surface area contributed by atoms with Gasteiger partial charge < -0.3 is 19.9 Å². The van der Waals surface area contributed by atoms with Crippen LogP contribution >= 0.6 is 0 Å². The molecule has 0 saturated carbocycles. The highest BCUT2D eigenvalue weighted by molar-refractivity contribution is 5.74. The molecule has 1 aliphatic rings. The van der Waals surface area contributed by atoms with Gasteiger partial charge in [-0.25, -0.2) is 4.79 Å². The van der Waals surface area contributed by atoms with E-state index in [4.69, 9.17) is 14.6 Å². The third kappa shape index (κ3) is 2.83. The summed E-state index contributed by atoms with van der Waals surface area (Å²) in [6.45, 7) is 0.279. The number of amides is 1. The summed E-state index contributed by atoms with van der Waals surface area (Å²) >= 11 is 0. The minimum atomic E-state index is -1.03. The van der Waals surface area contributed by atoms with Gasteiger partial charge in [-0.05, 0) is 23.3 Å². The van der Waals surface area contributed by atoms with Crippen molar-refractivity contribution in [3.8, 4) is 22.6 Å². The zero-order valence-electron chi connectivity index (χ0n) is 12.2. The molecule has 2 aromatic carbocycles. The molecule has 2 aromatic rings. The summed E-state index contributed by atoms with van der Waals surface area (Å²) in [6, 6.07) is 13.8. The zero-order chi connectivity index (χ0) is 15.5. The highest BCUT2D eigenvalue weighted by atomic mass is 16.5. The maximum atomic E-state index is 10.6. The van der Waals surface area contributed by atoms with E-state index in [0.29, 0.717) is 6.42 Å². The monoisotopic (exact) mass is 299 g/mol. The summed E-state index contributed by atoms with van der Waals surface area (Å²) < 4.78 is 11.2. The first-order chi connectivity index (χ1) is 10.7. The van der Waals surface area contributed by atoms with E-state index in [-0.39, 0.29) is 12.6 Å². The first-order valence-corrected chi connectivity index (χ1v) is 7.07. The summed E-state index contributed by atoms with van der Waals surface area (Å²) in [4.78, 5) is 10.6. The zero-order valence-corrected chi connectivity index (χ0v) is 12.2. The molecule has 114 valence electrons. The molecule has 22 heavy (non-hydrogen) atoms. The Balaban J connectivity index is 1.87. The van der Waals surface area contributed by atoms with Gasteiger partial charge in [-0.2, -0.15) is 0 Å². The van der Waals surface area contributed by atoms with Crippen molar-refractivity contribution < 1.29 is 19.4 Å². The molecule has 5 heteroatoms. The Kier molecular flexibility index (Phi) is 3.87. The number of rotatable bonds is 4. The summed E-state index contributed by atoms with van der Waals surface area (Å²) in [7, 11) is 1.64. The van der Waals surface area contributed by atoms with E-state index in [1.54, 1.807) is 7.11 Å². The molecular formula is C17H17NO4. The van der Waals surface area contributed by atoms with Gasteiger partial charge in [0.25, 0.3) is 0 Å². The van der Waals surface area contributed by atoms with Gasteiger partial charge in [-0.1, -0.05) is 30.3 Å². The first kappa shape index (κ1) is 14.3. The van der Waals surface area contributed by atoms with Gasteiger partial charge in [0.15, 0.2) is 0 Å². The van der Waals surface area contributed by atoms with E-state index < -0.39 is 6.09 Å². The largest absolute Gasteiger partial charge is 0.497 e. The topological polar surface area (TPSA) is 67.8 Å². The molecule has 1 atom stereocenters. The lowest BCUT2D eigenvalue weighted by atomic mass is 10.0. The van der Waals surface area contributed by atoms with Crippen LogP contribution in [0, 0.1) is 0 Å². The molecule has 3 rings (SSSR count). The van der Waals surface area contributed by atoms with Crippen molar-refractivity contribution >= 4 is 6.09 Å². The van der Waals surface area contributed by atoms with Crippen LogP contribution in [0.25, 0.3) is 11.1 Å². The Labute approximate surface area is 128 Å². The summed E-state index contributed by atoms with van der Waals surface area (Å²) in [5.41, 5.74) is 3.11. The Bertz CT molecular complexity index is 699. The molecule has 0 saturated heterocycles. The SMILES string of the molecule is COc1cccc(-c2cccc3c2OC(CNC(=O)O)C3)c1. The van der Waals surface area contributed by atoms with Gasteiger partial charge in [-0.15, -0.1) is 0 Å². The van der Waals surface area contributed by atoms with E-state index in [2.05, 4.69) is 5.32 Å². The molecule has 0 radical (unpaired) electrons. The molecule has 0 aromatic heterocycles. The summed E-state index contributed by atoms with van der Waals surface area (Å²) in [5.74, 6) is 1.62. The second-order valence-electron chi connectivity index (χ2n) is 5.16. The average molecular weight is 299 g/mol. The fourth-order valence-corrected chi connectivity index (χ4v) is 2.67. The molecule has 0 bridgehead atoms. The van der Waals surface area contributed by atoms with Crippen molar-refractivity contribution in [2.45, 2.75) is 12.5 Å². The Morgan fingerprint density at radius 2 is 2.18 bits per heavy atom. The molecule has 0 fully saturated rings. The number of hydrogen-bond acceptors (Lipinski definition) is 3. The number of para-hydroxylation sites is 1. The number of ether oxygens (including phenoxy) is 2. The molecule has 1 heterocycles. The lowest BCUT2D eigenvalue weighted by Gasteiger charge is -2.13. The van der Waals surface area contributed by atoms with Crippen molar-refractivity contribution in [2.24, 2.45) is 0 Å². The summed E-state index contributed by atoms with van der Waals surface area (Å²) in [6.07, 6.45) is -0.501. The van der Waals surface area contributed by atoms with Gasteiger partial charge in [0, 0.05) is 12.0 Å². The number of methoxy groups -OCH3 is 1. The fraction of sp³-hybridized carbons (Fsp3) is 0.235.